The fourth-order valence-electron chi connectivity index (χ4n) is 5.47. The molecule has 12 nitrogen and oxygen atoms in total. The van der Waals surface area contributed by atoms with Crippen LogP contribution in [-0.2, 0) is 13.5 Å². The van der Waals surface area contributed by atoms with E-state index in [-0.39, 0.29) is 35.6 Å². The van der Waals surface area contributed by atoms with Crippen molar-refractivity contribution in [2.75, 3.05) is 25.4 Å². The predicted molar refractivity (Wildman–Crippen MR) is 143 cm³/mol. The minimum atomic E-state index is -0.201. The minimum Gasteiger partial charge on any atom is -0.356 e. The highest BCUT2D eigenvalue weighted by Gasteiger charge is 2.47. The maximum absolute atomic E-state index is 13.0. The molecule has 1 aliphatic heterocycles. The van der Waals surface area contributed by atoms with Crippen LogP contribution in [0.5, 0.6) is 0 Å². The van der Waals surface area contributed by atoms with Crippen LogP contribution < -0.4 is 37.4 Å². The van der Waals surface area contributed by atoms with Crippen LogP contribution in [0.2, 0.25) is 0 Å². The Morgan fingerprint density at radius 2 is 1.95 bits per heavy atom. The van der Waals surface area contributed by atoms with Crippen molar-refractivity contribution in [1.82, 2.24) is 30.5 Å². The number of rotatable bonds is 7. The van der Waals surface area contributed by atoms with E-state index in [2.05, 4.69) is 67.8 Å². The molecule has 0 aromatic carbocycles. The molecular weight excluding hydrogens is 608 g/mol. The summed E-state index contributed by atoms with van der Waals surface area (Å²) in [7, 11) is 1.83. The van der Waals surface area contributed by atoms with Crippen molar-refractivity contribution < 1.29 is 19.6 Å². The molecule has 4 heterocycles. The number of anilines is 1. The van der Waals surface area contributed by atoms with Gasteiger partial charge in [0.05, 0.1) is 12.5 Å². The predicted octanol–water partition coefficient (Wildman–Crippen LogP) is -1.30. The molecule has 0 radical (unpaired) electrons. The molecule has 2 amide bonds. The molecule has 3 aromatic rings. The Hall–Kier alpha value is -3.26. The second-order valence-electron chi connectivity index (χ2n) is 9.56. The van der Waals surface area contributed by atoms with Crippen molar-refractivity contribution in [2.24, 2.45) is 24.6 Å². The monoisotopic (exact) mass is 636 g/mol. The summed E-state index contributed by atoms with van der Waals surface area (Å²) in [6.07, 6.45) is 4.21. The zero-order chi connectivity index (χ0) is 26.3. The van der Waals surface area contributed by atoms with E-state index >= 15 is 0 Å². The number of fused-ring (bicyclic) bond motifs is 1. The summed E-state index contributed by atoms with van der Waals surface area (Å²) in [4.78, 5) is 38.6. The molecule has 14 heteroatoms. The molecule has 196 valence electrons. The van der Waals surface area contributed by atoms with E-state index < -0.39 is 0 Å². The molecule has 0 fully saturated rings. The number of halogens is 2. The number of hydrogen-bond acceptors (Lipinski definition) is 5. The van der Waals surface area contributed by atoms with Crippen LogP contribution >= 0.6 is 31.9 Å². The lowest BCUT2D eigenvalue weighted by atomic mass is 9.69. The highest BCUT2D eigenvalue weighted by molar-refractivity contribution is 9.10. The summed E-state index contributed by atoms with van der Waals surface area (Å²) < 4.78 is 3.42. The standard InChI is InChI=1S/C23H28Br2N10O2/c1-35-9-12(25)4-17(35)21(37)29-5-10-2-14-19(34-23(27)32-14)18(16-8-31-22(26)33-16)13(10)7-30-20(36)15-3-11(24)6-28-15/h3-4,6,9-10,13,16,18,28H,2,5,7-8H2,1H3,(H,29,37)(H,30,36)(H3,26,31,33)(H3,27,32,34)/p+2/t10-,13-,16?,18-/m1/s1. The van der Waals surface area contributed by atoms with Crippen LogP contribution in [0.4, 0.5) is 5.95 Å². The number of carbonyl (C=O) groups excluding carboxylic acids is 2. The Balaban J connectivity index is 1.41. The molecule has 2 aliphatic rings. The third-order valence-corrected chi connectivity index (χ3v) is 8.04. The summed E-state index contributed by atoms with van der Waals surface area (Å²) in [5, 5.41) is 9.53. The van der Waals surface area contributed by atoms with E-state index in [1.807, 2.05) is 13.2 Å². The fourth-order valence-corrected chi connectivity index (χ4v) is 6.34. The number of imidazole rings is 1. The number of nitrogens with two attached hydrogens (primary N) is 2. The van der Waals surface area contributed by atoms with Crippen molar-refractivity contribution in [3.63, 3.8) is 0 Å². The van der Waals surface area contributed by atoms with Crippen LogP contribution in [-0.4, -0.2) is 58.0 Å². The maximum Gasteiger partial charge on any atom is 0.350 e. The van der Waals surface area contributed by atoms with Crippen molar-refractivity contribution in [3.8, 4) is 0 Å². The lowest BCUT2D eigenvalue weighted by molar-refractivity contribution is -0.452. The summed E-state index contributed by atoms with van der Waals surface area (Å²) in [6, 6.07) is 3.49. The minimum absolute atomic E-state index is 0.0101. The van der Waals surface area contributed by atoms with Gasteiger partial charge in [0.2, 0.25) is 0 Å². The van der Waals surface area contributed by atoms with Gasteiger partial charge in [0.15, 0.2) is 0 Å². The molecule has 1 unspecified atom stereocenters. The van der Waals surface area contributed by atoms with Gasteiger partial charge in [-0.15, -0.1) is 0 Å². The zero-order valence-electron chi connectivity index (χ0n) is 20.1. The molecule has 0 spiro atoms. The number of nitrogens with zero attached hydrogens (tertiary/aromatic N) is 1. The first-order chi connectivity index (χ1) is 17.7. The number of aromatic nitrogens is 4. The van der Waals surface area contributed by atoms with Gasteiger partial charge >= 0.3 is 11.9 Å². The number of carbonyl (C=O) groups is 2. The number of hydrogen-bond donors (Lipinski definition) is 8. The normalized spacial score (nSPS) is 22.7. The second kappa shape index (κ2) is 10.2. The summed E-state index contributed by atoms with van der Waals surface area (Å²) in [5.41, 5.74) is 15.2. The number of nitrogens with one attached hydrogen (secondary N) is 7. The van der Waals surface area contributed by atoms with E-state index in [1.165, 1.54) is 0 Å². The van der Waals surface area contributed by atoms with Gasteiger partial charge < -0.3 is 20.2 Å². The summed E-state index contributed by atoms with van der Waals surface area (Å²) in [5.74, 6) is 0.530. The quantitative estimate of drug-likeness (QED) is 0.160. The molecule has 3 aromatic heterocycles. The van der Waals surface area contributed by atoms with E-state index in [4.69, 9.17) is 11.5 Å². The topological polar surface area (TPSA) is 187 Å². The molecule has 4 atom stereocenters. The van der Waals surface area contributed by atoms with Crippen molar-refractivity contribution in [1.29, 1.82) is 0 Å². The lowest BCUT2D eigenvalue weighted by Crippen LogP contribution is -2.73. The molecule has 5 rings (SSSR count). The Labute approximate surface area is 229 Å². The Morgan fingerprint density at radius 3 is 2.59 bits per heavy atom. The first kappa shape index (κ1) is 25.4. The largest absolute Gasteiger partial charge is 0.356 e. The number of aromatic amines is 3. The van der Waals surface area contributed by atoms with Crippen molar-refractivity contribution >= 4 is 55.6 Å². The fraction of sp³-hybridized carbons (Fsp3) is 0.391. The second-order valence-corrected chi connectivity index (χ2v) is 11.4. The Bertz CT molecular complexity index is 1360. The molecule has 0 saturated carbocycles. The van der Waals surface area contributed by atoms with Gasteiger partial charge in [-0.25, -0.2) is 9.97 Å². The third-order valence-electron chi connectivity index (χ3n) is 7.15. The highest BCUT2D eigenvalue weighted by Crippen LogP contribution is 2.39. The smallest absolute Gasteiger partial charge is 0.350 e. The van der Waals surface area contributed by atoms with Gasteiger partial charge in [-0.05, 0) is 55.8 Å². The zero-order valence-corrected chi connectivity index (χ0v) is 23.3. The average molecular weight is 638 g/mol. The molecule has 11 N–H and O–H groups in total. The number of H-pyrrole nitrogens is 3. The molecular formula is C23H30Br2N10O2+2. The van der Waals surface area contributed by atoms with Crippen molar-refractivity contribution in [3.05, 3.63) is 56.2 Å². The third kappa shape index (κ3) is 5.25. The van der Waals surface area contributed by atoms with Crippen LogP contribution in [0, 0.1) is 11.8 Å². The number of guanidine groups is 1. The summed E-state index contributed by atoms with van der Waals surface area (Å²) >= 11 is 6.80. The van der Waals surface area contributed by atoms with Gasteiger partial charge in [-0.1, -0.05) is 0 Å². The van der Waals surface area contributed by atoms with Gasteiger partial charge in [0.25, 0.3) is 11.8 Å². The van der Waals surface area contributed by atoms with Crippen LogP contribution in [0.15, 0.2) is 33.5 Å². The lowest BCUT2D eigenvalue weighted by Gasteiger charge is -2.38. The molecule has 37 heavy (non-hydrogen) atoms. The van der Waals surface area contributed by atoms with E-state index in [0.717, 1.165) is 20.3 Å². The average Bonchev–Trinajstić information content (AvgIpc) is 3.62. The maximum atomic E-state index is 13.0. The molecule has 0 saturated heterocycles. The van der Waals surface area contributed by atoms with Crippen LogP contribution in [0.3, 0.4) is 0 Å². The Morgan fingerprint density at radius 1 is 1.16 bits per heavy atom. The summed E-state index contributed by atoms with van der Waals surface area (Å²) in [6.45, 7) is 1.44. The van der Waals surface area contributed by atoms with Gasteiger partial charge in [0.1, 0.15) is 28.8 Å². The first-order valence-electron chi connectivity index (χ1n) is 11.9. The Kier molecular flexibility index (Phi) is 7.03. The van der Waals surface area contributed by atoms with Gasteiger partial charge in [0, 0.05) is 47.9 Å². The van der Waals surface area contributed by atoms with Crippen LogP contribution in [0.1, 0.15) is 38.3 Å². The molecule has 0 bridgehead atoms. The first-order valence-corrected chi connectivity index (χ1v) is 13.5. The van der Waals surface area contributed by atoms with Crippen LogP contribution in [0.25, 0.3) is 0 Å². The van der Waals surface area contributed by atoms with Crippen molar-refractivity contribution in [2.45, 2.75) is 18.4 Å². The SMILES string of the molecule is Cn1cc(Br)cc1C(=O)NC[C@H]1Cc2[nH]c(N)[nH+]c2[C@@H](C2C[NH+]=C(N)N2)[C@@H]1CNC(=O)c1cc(Br)c[nH]1. The number of aryl methyl sites for hydroxylation is 1. The molecule has 1 aliphatic carbocycles. The van der Waals surface area contributed by atoms with E-state index in [9.17, 15) is 9.59 Å². The number of nitrogen functional groups attached to an aromatic ring is 1. The van der Waals surface area contributed by atoms with Gasteiger partial charge in [-0.2, -0.15) is 0 Å². The number of amides is 2. The van der Waals surface area contributed by atoms with E-state index in [1.54, 1.807) is 22.9 Å². The highest BCUT2D eigenvalue weighted by atomic mass is 79.9. The van der Waals surface area contributed by atoms with Gasteiger partial charge in [-0.3, -0.25) is 31.4 Å². The van der Waals surface area contributed by atoms with E-state index in [0.29, 0.717) is 49.4 Å².